The van der Waals surface area contributed by atoms with E-state index >= 15 is 0 Å². The number of carbonyl (C=O) groups is 2. The van der Waals surface area contributed by atoms with Crippen molar-refractivity contribution >= 4 is 11.8 Å². The average molecular weight is 406 g/mol. The molecule has 2 aliphatic heterocycles. The number of aliphatic hydroxyl groups is 3. The van der Waals surface area contributed by atoms with E-state index in [2.05, 4.69) is 6.58 Å². The molecule has 6 aliphatic rings. The summed E-state index contributed by atoms with van der Waals surface area (Å²) in [7, 11) is 0. The molecular formula is C22H30O7. The number of hydrogen-bond acceptors (Lipinski definition) is 7. The Morgan fingerprint density at radius 1 is 1.28 bits per heavy atom. The van der Waals surface area contributed by atoms with Gasteiger partial charge in [0.15, 0.2) is 0 Å². The number of fused-ring (bicyclic) bond motifs is 2. The van der Waals surface area contributed by atoms with Crippen LogP contribution < -0.4 is 0 Å². The predicted molar refractivity (Wildman–Crippen MR) is 100 cm³/mol. The Hall–Kier alpha value is -1.28. The largest absolute Gasteiger partial charge is 0.457 e. The number of Topliss-reactive ketones (excluding diaryl/α,β-unsaturated/α-hetero) is 1. The molecule has 2 spiro atoms. The fourth-order valence-corrected chi connectivity index (χ4v) is 8.17. The fraction of sp³-hybridized carbons (Fsp3) is 0.818. The second kappa shape index (κ2) is 5.49. The molecule has 160 valence electrons. The number of ether oxygens (including phenoxy) is 2. The van der Waals surface area contributed by atoms with E-state index in [0.29, 0.717) is 31.3 Å². The average Bonchev–Trinajstić information content (AvgIpc) is 2.83. The number of esters is 1. The second-order valence-electron chi connectivity index (χ2n) is 10.6. The Morgan fingerprint density at radius 3 is 2.62 bits per heavy atom. The first kappa shape index (κ1) is 19.7. The van der Waals surface area contributed by atoms with Crippen molar-refractivity contribution in [2.24, 2.45) is 34.0 Å². The van der Waals surface area contributed by atoms with Crippen LogP contribution in [0.2, 0.25) is 0 Å². The van der Waals surface area contributed by atoms with Crippen molar-refractivity contribution in [3.63, 3.8) is 0 Å². The van der Waals surface area contributed by atoms with Gasteiger partial charge in [-0.2, -0.15) is 0 Å². The van der Waals surface area contributed by atoms with Gasteiger partial charge < -0.3 is 24.8 Å². The van der Waals surface area contributed by atoms with Crippen LogP contribution >= 0.6 is 0 Å². The third kappa shape index (κ3) is 1.94. The molecule has 4 bridgehead atoms. The molecule has 0 unspecified atom stereocenters. The van der Waals surface area contributed by atoms with Gasteiger partial charge in [0, 0.05) is 25.2 Å². The van der Waals surface area contributed by atoms with Gasteiger partial charge in [0.25, 0.3) is 0 Å². The summed E-state index contributed by atoms with van der Waals surface area (Å²) in [5, 5.41) is 34.7. The van der Waals surface area contributed by atoms with Crippen LogP contribution in [0, 0.1) is 34.0 Å². The maximum atomic E-state index is 13.5. The highest BCUT2D eigenvalue weighted by atomic mass is 16.6. The van der Waals surface area contributed by atoms with Crippen molar-refractivity contribution in [3.8, 4) is 0 Å². The van der Waals surface area contributed by atoms with Crippen LogP contribution in [-0.4, -0.2) is 57.8 Å². The molecule has 6 fully saturated rings. The van der Waals surface area contributed by atoms with Crippen molar-refractivity contribution in [2.45, 2.75) is 70.6 Å². The van der Waals surface area contributed by atoms with Gasteiger partial charge in [-0.05, 0) is 36.2 Å². The zero-order chi connectivity index (χ0) is 21.1. The van der Waals surface area contributed by atoms with Gasteiger partial charge in [0.1, 0.15) is 18.0 Å². The van der Waals surface area contributed by atoms with Crippen molar-refractivity contribution in [1.82, 2.24) is 0 Å². The number of rotatable bonds is 1. The number of carbonyl (C=O) groups excluding carboxylic acids is 2. The summed E-state index contributed by atoms with van der Waals surface area (Å²) in [5.41, 5.74) is -2.22. The topological polar surface area (TPSA) is 113 Å². The molecule has 2 saturated heterocycles. The van der Waals surface area contributed by atoms with Gasteiger partial charge >= 0.3 is 5.97 Å². The van der Waals surface area contributed by atoms with Crippen LogP contribution in [0.4, 0.5) is 0 Å². The molecule has 0 aromatic carbocycles. The van der Waals surface area contributed by atoms with E-state index in [-0.39, 0.29) is 18.3 Å². The Bertz CT molecular complexity index is 820. The van der Waals surface area contributed by atoms with Crippen LogP contribution in [0.5, 0.6) is 0 Å². The first-order valence-corrected chi connectivity index (χ1v) is 10.5. The van der Waals surface area contributed by atoms with Gasteiger partial charge in [-0.25, -0.2) is 0 Å². The summed E-state index contributed by atoms with van der Waals surface area (Å²) in [5.74, 6) is -4.00. The van der Waals surface area contributed by atoms with Crippen LogP contribution in [0.15, 0.2) is 12.2 Å². The van der Waals surface area contributed by atoms with Crippen molar-refractivity contribution < 1.29 is 34.4 Å². The number of hydrogen-bond donors (Lipinski definition) is 3. The van der Waals surface area contributed by atoms with E-state index in [1.54, 1.807) is 0 Å². The summed E-state index contributed by atoms with van der Waals surface area (Å²) in [6, 6.07) is 0. The van der Waals surface area contributed by atoms with Gasteiger partial charge in [0.05, 0.1) is 23.5 Å². The molecule has 3 N–H and O–H groups in total. The van der Waals surface area contributed by atoms with Crippen LogP contribution in [0.1, 0.15) is 46.5 Å². The molecule has 2 heterocycles. The fourth-order valence-electron chi connectivity index (χ4n) is 8.17. The zero-order valence-corrected chi connectivity index (χ0v) is 17.2. The van der Waals surface area contributed by atoms with E-state index in [4.69, 9.17) is 9.47 Å². The third-order valence-electron chi connectivity index (χ3n) is 9.04. The number of ketones is 1. The minimum atomic E-state index is -2.03. The monoisotopic (exact) mass is 406 g/mol. The summed E-state index contributed by atoms with van der Waals surface area (Å²) in [6.45, 7) is 9.37. The van der Waals surface area contributed by atoms with E-state index in [0.717, 1.165) is 0 Å². The zero-order valence-electron chi connectivity index (χ0n) is 17.2. The van der Waals surface area contributed by atoms with Crippen molar-refractivity contribution in [1.29, 1.82) is 0 Å². The highest BCUT2D eigenvalue weighted by Gasteiger charge is 2.86. The van der Waals surface area contributed by atoms with E-state index in [9.17, 15) is 24.9 Å². The third-order valence-corrected chi connectivity index (χ3v) is 9.04. The lowest BCUT2D eigenvalue weighted by Gasteiger charge is -2.74. The molecule has 0 aromatic rings. The predicted octanol–water partition coefficient (Wildman–Crippen LogP) is 0.946. The molecule has 0 amide bonds. The van der Waals surface area contributed by atoms with Crippen molar-refractivity contribution in [3.05, 3.63) is 12.2 Å². The first-order chi connectivity index (χ1) is 13.4. The minimum Gasteiger partial charge on any atom is -0.457 e. The van der Waals surface area contributed by atoms with Gasteiger partial charge in [-0.15, -0.1) is 0 Å². The molecule has 4 aliphatic carbocycles. The minimum absolute atomic E-state index is 0.0383. The summed E-state index contributed by atoms with van der Waals surface area (Å²) >= 11 is 0. The smallest absolute Gasteiger partial charge is 0.303 e. The van der Waals surface area contributed by atoms with Gasteiger partial charge in [-0.3, -0.25) is 9.59 Å². The molecule has 7 heteroatoms. The summed E-state index contributed by atoms with van der Waals surface area (Å²) in [4.78, 5) is 25.5. The van der Waals surface area contributed by atoms with Gasteiger partial charge in [0.2, 0.25) is 5.79 Å². The number of aliphatic hydroxyl groups excluding tert-OH is 2. The standard InChI is InChI=1S/C22H30O7/c1-10-12-7-13(24)15-20-9-28-22(27,21(15,8-12)18(10)29-11(2)23)17(26)16(20)19(3,4)6-5-14(20)25/h12-13,15-18,24,26-27H,1,5-9H2,2-4H3/t12-,13+,15+,16-,17+,18-,20+,21+,22-/m1/s1. The molecule has 9 atom stereocenters. The SMILES string of the molecule is C=C1[C@@H]2C[C@H](O)[C@H]3[C@@]45CO[C@](O)([C@@H](O)[C@@H]4C(C)(C)CCC5=O)[C@]3(C2)[C@@H]1OC(C)=O. The Balaban J connectivity index is 1.79. The van der Waals surface area contributed by atoms with Crippen molar-refractivity contribution in [2.75, 3.05) is 6.61 Å². The van der Waals surface area contributed by atoms with Crippen LogP contribution in [-0.2, 0) is 19.1 Å². The van der Waals surface area contributed by atoms with Gasteiger partial charge in [-0.1, -0.05) is 20.4 Å². The summed E-state index contributed by atoms with van der Waals surface area (Å²) < 4.78 is 11.6. The molecule has 6 rings (SSSR count). The maximum absolute atomic E-state index is 13.5. The van der Waals surface area contributed by atoms with E-state index < -0.39 is 58.1 Å². The lowest BCUT2D eigenvalue weighted by atomic mass is 9.36. The first-order valence-electron chi connectivity index (χ1n) is 10.5. The lowest BCUT2D eigenvalue weighted by molar-refractivity contribution is -0.452. The Morgan fingerprint density at radius 2 is 1.97 bits per heavy atom. The maximum Gasteiger partial charge on any atom is 0.303 e. The quantitative estimate of drug-likeness (QED) is 0.439. The Kier molecular flexibility index (Phi) is 3.73. The molecular weight excluding hydrogens is 376 g/mol. The van der Waals surface area contributed by atoms with Crippen LogP contribution in [0.3, 0.4) is 0 Å². The molecule has 0 radical (unpaired) electrons. The lowest BCUT2D eigenvalue weighted by Crippen LogP contribution is -2.85. The van der Waals surface area contributed by atoms with Crippen LogP contribution in [0.25, 0.3) is 0 Å². The normalized spacial score (nSPS) is 54.7. The highest BCUT2D eigenvalue weighted by molar-refractivity contribution is 5.88. The molecule has 7 nitrogen and oxygen atoms in total. The summed E-state index contributed by atoms with van der Waals surface area (Å²) in [6.07, 6.45) is -1.43. The molecule has 0 aromatic heterocycles. The highest BCUT2D eigenvalue weighted by Crippen LogP contribution is 2.77. The van der Waals surface area contributed by atoms with E-state index in [1.165, 1.54) is 6.92 Å². The Labute approximate surface area is 170 Å². The second-order valence-corrected chi connectivity index (χ2v) is 10.6. The van der Waals surface area contributed by atoms with E-state index in [1.807, 2.05) is 13.8 Å². The molecule has 29 heavy (non-hydrogen) atoms. The molecule has 4 saturated carbocycles.